The lowest BCUT2D eigenvalue weighted by molar-refractivity contribution is -0.113. The van der Waals surface area contributed by atoms with Gasteiger partial charge in [0.2, 0.25) is 5.91 Å². The Morgan fingerprint density at radius 1 is 1.45 bits per heavy atom. The van der Waals surface area contributed by atoms with Crippen molar-refractivity contribution in [3.63, 3.8) is 0 Å². The van der Waals surface area contributed by atoms with Gasteiger partial charge in [0, 0.05) is 0 Å². The van der Waals surface area contributed by atoms with Gasteiger partial charge >= 0.3 is 0 Å². The number of thioether (sulfide) groups is 2. The van der Waals surface area contributed by atoms with E-state index in [0.717, 1.165) is 14.7 Å². The number of nitrogens with two attached hydrogens (primary N) is 1. The van der Waals surface area contributed by atoms with Crippen LogP contribution in [-0.2, 0) is 4.79 Å². The number of carbonyl (C=O) groups is 1. The van der Waals surface area contributed by atoms with Gasteiger partial charge in [-0.2, -0.15) is 0 Å². The van der Waals surface area contributed by atoms with Gasteiger partial charge < -0.3 is 11.1 Å². The molecule has 1 aromatic carbocycles. The maximum absolute atomic E-state index is 12.9. The van der Waals surface area contributed by atoms with Gasteiger partial charge in [0.15, 0.2) is 8.68 Å². The number of halogens is 1. The monoisotopic (exact) mass is 330 g/mol. The number of rotatable bonds is 5. The molecular weight excluding hydrogens is 319 g/mol. The summed E-state index contributed by atoms with van der Waals surface area (Å²) in [5, 5.41) is 10.5. The van der Waals surface area contributed by atoms with Crippen molar-refractivity contribution in [3.8, 4) is 0 Å². The third-order valence-electron chi connectivity index (χ3n) is 2.18. The zero-order valence-electron chi connectivity index (χ0n) is 10.4. The van der Waals surface area contributed by atoms with E-state index in [-0.39, 0.29) is 17.3 Å². The molecule has 1 heterocycles. The number of carbonyl (C=O) groups excluding carboxylic acids is 1. The fourth-order valence-corrected chi connectivity index (χ4v) is 3.54. The number of amides is 1. The standard InChI is InChI=1S/C11H11FN4OS3/c1-18-10-15-16-11(20-10)19-5-9(17)14-8-3-2-6(12)4-7(8)13/h2-4H,5,13H2,1H3,(H,14,17). The fourth-order valence-electron chi connectivity index (χ4n) is 1.30. The van der Waals surface area contributed by atoms with E-state index in [2.05, 4.69) is 15.5 Å². The molecule has 0 spiro atoms. The quantitative estimate of drug-likeness (QED) is 0.648. The number of nitrogen functional groups attached to an aromatic ring is 1. The second-order valence-corrected chi connectivity index (χ2v) is 6.86. The molecule has 0 aliphatic rings. The van der Waals surface area contributed by atoms with Crippen molar-refractivity contribution in [1.82, 2.24) is 10.2 Å². The first-order chi connectivity index (χ1) is 9.58. The Labute approximate surface area is 127 Å². The van der Waals surface area contributed by atoms with Crippen molar-refractivity contribution >= 4 is 52.1 Å². The van der Waals surface area contributed by atoms with E-state index in [1.807, 2.05) is 6.26 Å². The number of nitrogens with one attached hydrogen (secondary N) is 1. The normalized spacial score (nSPS) is 10.5. The van der Waals surface area contributed by atoms with Gasteiger partial charge in [0.05, 0.1) is 17.1 Å². The van der Waals surface area contributed by atoms with Crippen molar-refractivity contribution in [2.45, 2.75) is 8.68 Å². The second-order valence-electron chi connectivity index (χ2n) is 3.61. The largest absolute Gasteiger partial charge is 0.397 e. The molecule has 1 aromatic heterocycles. The van der Waals surface area contributed by atoms with Crippen LogP contribution in [0.25, 0.3) is 0 Å². The van der Waals surface area contributed by atoms with Crippen LogP contribution in [0.1, 0.15) is 0 Å². The highest BCUT2D eigenvalue weighted by Gasteiger charge is 2.09. The molecule has 0 saturated heterocycles. The minimum atomic E-state index is -0.437. The van der Waals surface area contributed by atoms with Gasteiger partial charge in [-0.25, -0.2) is 4.39 Å². The molecule has 0 unspecified atom stereocenters. The van der Waals surface area contributed by atoms with Crippen molar-refractivity contribution in [3.05, 3.63) is 24.0 Å². The maximum Gasteiger partial charge on any atom is 0.234 e. The van der Waals surface area contributed by atoms with Crippen molar-refractivity contribution in [1.29, 1.82) is 0 Å². The third kappa shape index (κ3) is 4.09. The van der Waals surface area contributed by atoms with Crippen LogP contribution >= 0.6 is 34.9 Å². The van der Waals surface area contributed by atoms with E-state index in [4.69, 9.17) is 5.73 Å². The Balaban J connectivity index is 1.89. The van der Waals surface area contributed by atoms with Crippen LogP contribution in [0, 0.1) is 5.82 Å². The Hall–Kier alpha value is -1.32. The number of hydrogen-bond donors (Lipinski definition) is 2. The molecule has 0 fully saturated rings. The highest BCUT2D eigenvalue weighted by atomic mass is 32.2. The molecule has 5 nitrogen and oxygen atoms in total. The van der Waals surface area contributed by atoms with Crippen LogP contribution in [0.4, 0.5) is 15.8 Å². The first-order valence-electron chi connectivity index (χ1n) is 5.43. The smallest absolute Gasteiger partial charge is 0.234 e. The average molecular weight is 330 g/mol. The zero-order chi connectivity index (χ0) is 14.5. The minimum absolute atomic E-state index is 0.194. The molecule has 1 amide bonds. The van der Waals surface area contributed by atoms with Crippen LogP contribution < -0.4 is 11.1 Å². The van der Waals surface area contributed by atoms with Crippen molar-refractivity contribution in [2.75, 3.05) is 23.1 Å². The van der Waals surface area contributed by atoms with Gasteiger partial charge in [0.25, 0.3) is 0 Å². The summed E-state index contributed by atoms with van der Waals surface area (Å²) >= 11 is 4.24. The van der Waals surface area contributed by atoms with Gasteiger partial charge in [-0.15, -0.1) is 10.2 Å². The van der Waals surface area contributed by atoms with E-state index >= 15 is 0 Å². The number of hydrogen-bond acceptors (Lipinski definition) is 7. The van der Waals surface area contributed by atoms with Crippen molar-refractivity contribution in [2.24, 2.45) is 0 Å². The van der Waals surface area contributed by atoms with E-state index < -0.39 is 5.82 Å². The van der Waals surface area contributed by atoms with Crippen LogP contribution in [0.3, 0.4) is 0 Å². The summed E-state index contributed by atoms with van der Waals surface area (Å²) in [5.41, 5.74) is 6.21. The third-order valence-corrected chi connectivity index (χ3v) is 5.21. The molecule has 3 N–H and O–H groups in total. The molecule has 106 valence electrons. The summed E-state index contributed by atoms with van der Waals surface area (Å²) in [7, 11) is 0. The van der Waals surface area contributed by atoms with Crippen LogP contribution in [0.2, 0.25) is 0 Å². The predicted molar refractivity (Wildman–Crippen MR) is 81.9 cm³/mol. The average Bonchev–Trinajstić information content (AvgIpc) is 2.88. The molecule has 0 atom stereocenters. The highest BCUT2D eigenvalue weighted by molar-refractivity contribution is 8.03. The SMILES string of the molecule is CSc1nnc(SCC(=O)Nc2ccc(F)cc2N)s1. The predicted octanol–water partition coefficient (Wildman–Crippen LogP) is 2.71. The van der Waals surface area contributed by atoms with Gasteiger partial charge in [-0.3, -0.25) is 4.79 Å². The second kappa shape index (κ2) is 6.91. The van der Waals surface area contributed by atoms with E-state index in [1.54, 1.807) is 0 Å². The summed E-state index contributed by atoms with van der Waals surface area (Å²) in [6, 6.07) is 3.84. The van der Waals surface area contributed by atoms with E-state index in [0.29, 0.717) is 5.69 Å². The zero-order valence-corrected chi connectivity index (χ0v) is 12.9. The fraction of sp³-hybridized carbons (Fsp3) is 0.182. The molecule has 2 rings (SSSR count). The van der Waals surface area contributed by atoms with Gasteiger partial charge in [-0.05, 0) is 24.5 Å². The molecule has 2 aromatic rings. The number of nitrogens with zero attached hydrogens (tertiary/aromatic N) is 2. The highest BCUT2D eigenvalue weighted by Crippen LogP contribution is 2.27. The molecule has 9 heteroatoms. The summed E-state index contributed by atoms with van der Waals surface area (Å²) in [6.45, 7) is 0. The number of anilines is 2. The van der Waals surface area contributed by atoms with E-state index in [9.17, 15) is 9.18 Å². The number of benzene rings is 1. The lowest BCUT2D eigenvalue weighted by Crippen LogP contribution is -2.15. The molecular formula is C11H11FN4OS3. The molecule has 0 radical (unpaired) electrons. The summed E-state index contributed by atoms with van der Waals surface area (Å²) < 4.78 is 14.5. The van der Waals surface area contributed by atoms with Crippen LogP contribution in [0.15, 0.2) is 26.9 Å². The van der Waals surface area contributed by atoms with Crippen molar-refractivity contribution < 1.29 is 9.18 Å². The lowest BCUT2D eigenvalue weighted by Gasteiger charge is -2.07. The minimum Gasteiger partial charge on any atom is -0.397 e. The van der Waals surface area contributed by atoms with Gasteiger partial charge in [-0.1, -0.05) is 34.9 Å². The van der Waals surface area contributed by atoms with Crippen LogP contribution in [-0.4, -0.2) is 28.1 Å². The lowest BCUT2D eigenvalue weighted by atomic mass is 10.2. The Bertz CT molecular complexity index is 619. The summed E-state index contributed by atoms with van der Waals surface area (Å²) in [5.74, 6) is -0.470. The molecule has 20 heavy (non-hydrogen) atoms. The molecule has 0 bridgehead atoms. The Kier molecular flexibility index (Phi) is 5.21. The summed E-state index contributed by atoms with van der Waals surface area (Å²) in [4.78, 5) is 11.8. The number of aromatic nitrogens is 2. The van der Waals surface area contributed by atoms with Gasteiger partial charge in [0.1, 0.15) is 5.82 Å². The molecule has 0 aliphatic heterocycles. The Morgan fingerprint density at radius 2 is 2.20 bits per heavy atom. The first-order valence-corrected chi connectivity index (χ1v) is 8.46. The molecule has 0 aliphatic carbocycles. The molecule has 0 saturated carbocycles. The summed E-state index contributed by atoms with van der Waals surface area (Å²) in [6.07, 6.45) is 1.92. The topological polar surface area (TPSA) is 80.9 Å². The van der Waals surface area contributed by atoms with E-state index in [1.165, 1.54) is 47.0 Å². The maximum atomic E-state index is 12.9. The van der Waals surface area contributed by atoms with Crippen LogP contribution in [0.5, 0.6) is 0 Å². The first kappa shape index (κ1) is 15.1. The Morgan fingerprint density at radius 3 is 2.85 bits per heavy atom.